The van der Waals surface area contributed by atoms with Gasteiger partial charge in [0.15, 0.2) is 11.5 Å². The third-order valence-electron chi connectivity index (χ3n) is 3.72. The smallest absolute Gasteiger partial charge is 0.224 e. The van der Waals surface area contributed by atoms with Crippen molar-refractivity contribution in [3.63, 3.8) is 0 Å². The highest BCUT2D eigenvalue weighted by atomic mass is 79.9. The van der Waals surface area contributed by atoms with E-state index in [4.69, 9.17) is 9.47 Å². The van der Waals surface area contributed by atoms with Gasteiger partial charge in [-0.3, -0.25) is 4.79 Å². The van der Waals surface area contributed by atoms with Crippen LogP contribution in [0.3, 0.4) is 0 Å². The van der Waals surface area contributed by atoms with Gasteiger partial charge in [-0.2, -0.15) is 0 Å². The molecule has 0 aromatic heterocycles. The Morgan fingerprint density at radius 2 is 1.91 bits per heavy atom. The molecule has 1 N–H and O–H groups in total. The molecule has 1 aliphatic rings. The van der Waals surface area contributed by atoms with Crippen molar-refractivity contribution < 1.29 is 14.3 Å². The number of carbonyl (C=O) groups excluding carboxylic acids is 1. The summed E-state index contributed by atoms with van der Waals surface area (Å²) in [4.78, 5) is 12.3. The van der Waals surface area contributed by atoms with E-state index in [-0.39, 0.29) is 11.9 Å². The number of amides is 1. The summed E-state index contributed by atoms with van der Waals surface area (Å²) in [6.07, 6.45) is 0.311. The second-order valence-corrected chi connectivity index (χ2v) is 6.32. The first kappa shape index (κ1) is 15.9. The lowest BCUT2D eigenvalue weighted by atomic mass is 10.1. The predicted molar refractivity (Wildman–Crippen MR) is 91.8 cm³/mol. The van der Waals surface area contributed by atoms with Crippen molar-refractivity contribution >= 4 is 21.8 Å². The molecule has 0 bridgehead atoms. The van der Waals surface area contributed by atoms with Gasteiger partial charge in [-0.15, -0.1) is 0 Å². The summed E-state index contributed by atoms with van der Waals surface area (Å²) in [6.45, 7) is 3.08. The van der Waals surface area contributed by atoms with E-state index in [0.29, 0.717) is 25.4 Å². The fourth-order valence-electron chi connectivity index (χ4n) is 2.58. The predicted octanol–water partition coefficient (Wildman–Crippen LogP) is 3.64. The molecule has 5 heteroatoms. The quantitative estimate of drug-likeness (QED) is 0.887. The van der Waals surface area contributed by atoms with Crippen molar-refractivity contribution in [1.82, 2.24) is 5.32 Å². The molecule has 2 aromatic carbocycles. The number of carbonyl (C=O) groups is 1. The lowest BCUT2D eigenvalue weighted by molar-refractivity contribution is -0.121. The molecule has 120 valence electrons. The Kier molecular flexibility index (Phi) is 4.86. The average Bonchev–Trinajstić information content (AvgIpc) is 2.55. The number of nitrogens with one attached hydrogen (secondary N) is 1. The van der Waals surface area contributed by atoms with Crippen molar-refractivity contribution in [1.29, 1.82) is 0 Å². The molecule has 0 fully saturated rings. The summed E-state index contributed by atoms with van der Waals surface area (Å²) in [7, 11) is 0. The second-order valence-electron chi connectivity index (χ2n) is 5.47. The van der Waals surface area contributed by atoms with Crippen molar-refractivity contribution in [2.24, 2.45) is 0 Å². The molecule has 1 amide bonds. The largest absolute Gasteiger partial charge is 0.486 e. The maximum absolute atomic E-state index is 12.3. The summed E-state index contributed by atoms with van der Waals surface area (Å²) in [5, 5.41) is 3.02. The maximum Gasteiger partial charge on any atom is 0.224 e. The first-order valence-electron chi connectivity index (χ1n) is 7.56. The molecule has 3 rings (SSSR count). The van der Waals surface area contributed by atoms with E-state index in [2.05, 4.69) is 21.2 Å². The van der Waals surface area contributed by atoms with Gasteiger partial charge in [0.1, 0.15) is 13.2 Å². The van der Waals surface area contributed by atoms with E-state index in [1.807, 2.05) is 49.4 Å². The molecular formula is C18H18BrNO3. The van der Waals surface area contributed by atoms with E-state index >= 15 is 0 Å². The third-order valence-corrected chi connectivity index (χ3v) is 4.44. The van der Waals surface area contributed by atoms with Crippen LogP contribution in [0, 0.1) is 0 Å². The van der Waals surface area contributed by atoms with Crippen molar-refractivity contribution in [3.05, 3.63) is 58.1 Å². The number of benzene rings is 2. The van der Waals surface area contributed by atoms with Gasteiger partial charge in [-0.05, 0) is 36.2 Å². The molecule has 1 atom stereocenters. The summed E-state index contributed by atoms with van der Waals surface area (Å²) in [6, 6.07) is 13.5. The lowest BCUT2D eigenvalue weighted by Crippen LogP contribution is -2.28. The molecule has 1 unspecified atom stereocenters. The standard InChI is InChI=1S/C18H18BrNO3/c1-12(14-4-2-3-5-15(14)19)20-18(21)11-13-6-7-16-17(10-13)23-9-8-22-16/h2-7,10,12H,8-9,11H2,1H3,(H,20,21). The van der Waals surface area contributed by atoms with Crippen LogP contribution in [0.25, 0.3) is 0 Å². The zero-order chi connectivity index (χ0) is 16.2. The Morgan fingerprint density at radius 3 is 2.70 bits per heavy atom. The topological polar surface area (TPSA) is 47.6 Å². The van der Waals surface area contributed by atoms with Gasteiger partial charge in [0.05, 0.1) is 12.5 Å². The van der Waals surface area contributed by atoms with Gasteiger partial charge < -0.3 is 14.8 Å². The second kappa shape index (κ2) is 7.04. The summed E-state index contributed by atoms with van der Waals surface area (Å²) in [5.74, 6) is 1.42. The van der Waals surface area contributed by atoms with E-state index in [9.17, 15) is 4.79 Å². The van der Waals surface area contributed by atoms with E-state index in [1.165, 1.54) is 0 Å². The van der Waals surface area contributed by atoms with Gasteiger partial charge in [0.25, 0.3) is 0 Å². The molecule has 0 aliphatic carbocycles. The van der Waals surface area contributed by atoms with Crippen LogP contribution in [0.15, 0.2) is 46.9 Å². The van der Waals surface area contributed by atoms with E-state index in [1.54, 1.807) is 0 Å². The number of hydrogen-bond donors (Lipinski definition) is 1. The van der Waals surface area contributed by atoms with E-state index < -0.39 is 0 Å². The number of halogens is 1. The minimum Gasteiger partial charge on any atom is -0.486 e. The van der Waals surface area contributed by atoms with Gasteiger partial charge in [-0.25, -0.2) is 0 Å². The monoisotopic (exact) mass is 375 g/mol. The van der Waals surface area contributed by atoms with Gasteiger partial charge in [-0.1, -0.05) is 40.2 Å². The number of ether oxygens (including phenoxy) is 2. The molecule has 0 radical (unpaired) electrons. The number of rotatable bonds is 4. The maximum atomic E-state index is 12.3. The average molecular weight is 376 g/mol. The van der Waals surface area contributed by atoms with Crippen LogP contribution in [-0.2, 0) is 11.2 Å². The van der Waals surface area contributed by atoms with Crippen LogP contribution < -0.4 is 14.8 Å². The first-order valence-corrected chi connectivity index (χ1v) is 8.35. The number of fused-ring (bicyclic) bond motifs is 1. The Bertz CT molecular complexity index is 717. The SMILES string of the molecule is CC(NC(=O)Cc1ccc2c(c1)OCCO2)c1ccccc1Br. The Balaban J connectivity index is 1.64. The van der Waals surface area contributed by atoms with Gasteiger partial charge in [0, 0.05) is 4.47 Å². The fourth-order valence-corrected chi connectivity index (χ4v) is 3.21. The highest BCUT2D eigenvalue weighted by Crippen LogP contribution is 2.31. The van der Waals surface area contributed by atoms with Crippen LogP contribution >= 0.6 is 15.9 Å². The van der Waals surface area contributed by atoms with Crippen molar-refractivity contribution in [2.75, 3.05) is 13.2 Å². The number of hydrogen-bond acceptors (Lipinski definition) is 3. The van der Waals surface area contributed by atoms with Crippen LogP contribution in [0.2, 0.25) is 0 Å². The zero-order valence-electron chi connectivity index (χ0n) is 12.8. The molecule has 0 spiro atoms. The molecule has 1 heterocycles. The summed E-state index contributed by atoms with van der Waals surface area (Å²) in [5.41, 5.74) is 1.97. The van der Waals surface area contributed by atoms with Crippen LogP contribution in [0.5, 0.6) is 11.5 Å². The lowest BCUT2D eigenvalue weighted by Gasteiger charge is -2.19. The minimum absolute atomic E-state index is 0.0232. The van der Waals surface area contributed by atoms with Crippen LogP contribution in [0.1, 0.15) is 24.1 Å². The zero-order valence-corrected chi connectivity index (χ0v) is 14.4. The molecule has 0 saturated heterocycles. The normalized spacial score (nSPS) is 14.2. The Labute approximate surface area is 143 Å². The summed E-state index contributed by atoms with van der Waals surface area (Å²) >= 11 is 3.51. The molecular weight excluding hydrogens is 358 g/mol. The van der Waals surface area contributed by atoms with Crippen molar-refractivity contribution in [3.8, 4) is 11.5 Å². The van der Waals surface area contributed by atoms with Crippen LogP contribution in [-0.4, -0.2) is 19.1 Å². The summed E-state index contributed by atoms with van der Waals surface area (Å²) < 4.78 is 12.0. The third kappa shape index (κ3) is 3.85. The van der Waals surface area contributed by atoms with Crippen LogP contribution in [0.4, 0.5) is 0 Å². The molecule has 0 saturated carbocycles. The molecule has 4 nitrogen and oxygen atoms in total. The Morgan fingerprint density at radius 1 is 1.17 bits per heavy atom. The van der Waals surface area contributed by atoms with Gasteiger partial charge >= 0.3 is 0 Å². The first-order chi connectivity index (χ1) is 11.1. The minimum atomic E-state index is -0.0599. The molecule has 1 aliphatic heterocycles. The van der Waals surface area contributed by atoms with Crippen molar-refractivity contribution in [2.45, 2.75) is 19.4 Å². The molecule has 23 heavy (non-hydrogen) atoms. The fraction of sp³-hybridized carbons (Fsp3) is 0.278. The molecule has 2 aromatic rings. The highest BCUT2D eigenvalue weighted by molar-refractivity contribution is 9.10. The Hall–Kier alpha value is -2.01. The highest BCUT2D eigenvalue weighted by Gasteiger charge is 2.15. The van der Waals surface area contributed by atoms with E-state index in [0.717, 1.165) is 21.3 Å². The van der Waals surface area contributed by atoms with Gasteiger partial charge in [0.2, 0.25) is 5.91 Å².